The maximum atomic E-state index is 14.4. The summed E-state index contributed by atoms with van der Waals surface area (Å²) in [5.41, 5.74) is -1.92. The van der Waals surface area contributed by atoms with Crippen LogP contribution in [0.25, 0.3) is 0 Å². The molecule has 0 radical (unpaired) electrons. The Labute approximate surface area is 459 Å². The van der Waals surface area contributed by atoms with Gasteiger partial charge in [-0.1, -0.05) is 95.0 Å². The van der Waals surface area contributed by atoms with Crippen LogP contribution in [0.4, 0.5) is 13.2 Å². The number of nitrogens with one attached hydrogen (secondary N) is 1. The number of amides is 1. The molecule has 4 aromatic rings. The van der Waals surface area contributed by atoms with Crippen LogP contribution in [-0.4, -0.2) is 125 Å². The SMILES string of the molecule is COc1ccc(C(OC[C@H]2O[C@@H](n3cc(CN(CC(=O)OCC[Si](C)(C)C)C(=O)C(F)(F)F)c(=O)[nH]c3=O)[C@H](O[Si](C)(C)C(C)(C)C)[C@@H]2OP(OCCC#N)N(C(C)C)C(C)C)(c2ccccc2)c2ccc(OC)cc2)cc1. The van der Waals surface area contributed by atoms with Crippen molar-refractivity contribution in [1.29, 1.82) is 5.26 Å². The second kappa shape index (κ2) is 26.8. The van der Waals surface area contributed by atoms with Gasteiger partial charge in [0.1, 0.15) is 42.0 Å². The van der Waals surface area contributed by atoms with Gasteiger partial charge in [-0.15, -0.1) is 0 Å². The van der Waals surface area contributed by atoms with Gasteiger partial charge in [-0.3, -0.25) is 23.9 Å². The van der Waals surface area contributed by atoms with Gasteiger partial charge in [0.05, 0.1) is 58.6 Å². The zero-order valence-electron chi connectivity index (χ0n) is 47.3. The van der Waals surface area contributed by atoms with Gasteiger partial charge in [-0.2, -0.15) is 18.4 Å². The molecule has 17 nitrogen and oxygen atoms in total. The summed E-state index contributed by atoms with van der Waals surface area (Å²) < 4.78 is 97.8. The van der Waals surface area contributed by atoms with Crippen LogP contribution in [0.1, 0.15) is 83.4 Å². The van der Waals surface area contributed by atoms with Crippen molar-refractivity contribution >= 4 is 36.8 Å². The van der Waals surface area contributed by atoms with E-state index < -0.39 is 108 Å². The Kier molecular flexibility index (Phi) is 21.9. The van der Waals surface area contributed by atoms with Crippen LogP contribution in [-0.2, 0) is 49.4 Å². The summed E-state index contributed by atoms with van der Waals surface area (Å²) in [5.74, 6) is -2.32. The number of carbonyl (C=O) groups excluding carboxylic acids is 2. The van der Waals surface area contributed by atoms with E-state index >= 15 is 0 Å². The van der Waals surface area contributed by atoms with Crippen LogP contribution in [0.3, 0.4) is 0 Å². The first kappa shape index (κ1) is 63.6. The number of carbonyl (C=O) groups is 2. The third kappa shape index (κ3) is 16.0. The van der Waals surface area contributed by atoms with Gasteiger partial charge in [-0.05, 0) is 92.8 Å². The number of H-pyrrole nitrogens is 1. The van der Waals surface area contributed by atoms with Gasteiger partial charge in [0.15, 0.2) is 14.5 Å². The van der Waals surface area contributed by atoms with Crippen molar-refractivity contribution in [2.45, 2.75) is 154 Å². The molecule has 0 bridgehead atoms. The van der Waals surface area contributed by atoms with Gasteiger partial charge in [0.25, 0.3) is 14.1 Å². The van der Waals surface area contributed by atoms with E-state index in [0.29, 0.717) is 34.2 Å². The molecule has 1 unspecified atom stereocenters. The molecule has 1 aliphatic heterocycles. The van der Waals surface area contributed by atoms with Crippen molar-refractivity contribution in [3.8, 4) is 17.6 Å². The zero-order valence-corrected chi connectivity index (χ0v) is 50.2. The lowest BCUT2D eigenvalue weighted by atomic mass is 9.80. The van der Waals surface area contributed by atoms with E-state index in [1.165, 1.54) is 0 Å². The highest BCUT2D eigenvalue weighted by molar-refractivity contribution is 7.44. The van der Waals surface area contributed by atoms with E-state index in [0.717, 1.165) is 10.8 Å². The van der Waals surface area contributed by atoms with E-state index in [9.17, 15) is 37.6 Å². The molecule has 428 valence electrons. The van der Waals surface area contributed by atoms with Crippen LogP contribution < -0.4 is 20.7 Å². The molecule has 2 heterocycles. The molecule has 1 saturated heterocycles. The summed E-state index contributed by atoms with van der Waals surface area (Å²) in [6.45, 7) is 21.5. The number of hydrogen-bond donors (Lipinski definition) is 1. The maximum absolute atomic E-state index is 14.4. The molecule has 0 aliphatic carbocycles. The smallest absolute Gasteiger partial charge is 0.471 e. The summed E-state index contributed by atoms with van der Waals surface area (Å²) >= 11 is 0. The van der Waals surface area contributed by atoms with Crippen LogP contribution in [0.2, 0.25) is 43.8 Å². The number of alkyl halides is 3. The number of aromatic nitrogens is 2. The summed E-state index contributed by atoms with van der Waals surface area (Å²) in [4.78, 5) is 56.6. The molecule has 1 aromatic heterocycles. The Morgan fingerprint density at radius 3 is 1.87 bits per heavy atom. The Balaban J connectivity index is 1.77. The highest BCUT2D eigenvalue weighted by Crippen LogP contribution is 2.52. The average Bonchev–Trinajstić information content (AvgIpc) is 3.80. The first-order valence-corrected chi connectivity index (χ1v) is 33.7. The summed E-state index contributed by atoms with van der Waals surface area (Å²) in [6, 6.07) is 26.6. The standard InChI is InChI=1S/C55H77F3N5O12PSi2/c1-37(2)63(38(3)4)76(72-30-18-29-59)74-47-45(36-71-54(40-19-16-15-17-20-40,41-21-25-43(68-8)26-22-41)42-23-27-44(69-9)28-24-42)73-50(48(47)75-78(13,14)53(5,6)7)62-34-39(49(65)60-52(62)67)33-61(51(66)55(56,57)58)35-46(64)70-31-32-77(10,11)12/h15-17,19-28,34,37-38,45,47-48,50H,18,30-33,35-36H2,1-14H3,(H,60,65,67)/t45-,47-,48-,50-,76?/m1/s1. The highest BCUT2D eigenvalue weighted by atomic mass is 31.2. The summed E-state index contributed by atoms with van der Waals surface area (Å²) in [6.07, 6.45) is -9.45. The average molecular weight is 1140 g/mol. The molecule has 78 heavy (non-hydrogen) atoms. The molecule has 1 fully saturated rings. The molecule has 1 aliphatic rings. The zero-order chi connectivity index (χ0) is 58.0. The normalized spacial score (nSPS) is 17.8. The number of ether oxygens (including phenoxy) is 5. The molecule has 3 aromatic carbocycles. The predicted octanol–water partition coefficient (Wildman–Crippen LogP) is 10.3. The Morgan fingerprint density at radius 2 is 1.38 bits per heavy atom. The van der Waals surface area contributed by atoms with Crippen LogP contribution in [0, 0.1) is 11.3 Å². The number of benzene rings is 3. The summed E-state index contributed by atoms with van der Waals surface area (Å²) in [5, 5.41) is 9.18. The number of nitriles is 1. The fraction of sp³-hybridized carbons (Fsp3) is 0.545. The molecule has 23 heteroatoms. The van der Waals surface area contributed by atoms with Crippen molar-refractivity contribution in [1.82, 2.24) is 19.1 Å². The first-order valence-electron chi connectivity index (χ1n) is 25.9. The number of methoxy groups -OCH3 is 2. The van der Waals surface area contributed by atoms with Gasteiger partial charge in [0, 0.05) is 26.4 Å². The minimum absolute atomic E-state index is 0.00210. The lowest BCUT2D eigenvalue weighted by Gasteiger charge is -2.42. The number of nitrogens with zero attached hydrogens (tertiary/aromatic N) is 4. The fourth-order valence-corrected chi connectivity index (χ4v) is 12.4. The van der Waals surface area contributed by atoms with Crippen molar-refractivity contribution < 1.29 is 59.9 Å². The second-order valence-electron chi connectivity index (χ2n) is 22.4. The number of aromatic amines is 1. The molecule has 0 spiro atoms. The molecule has 1 N–H and O–H groups in total. The van der Waals surface area contributed by atoms with E-state index in [4.69, 9.17) is 37.2 Å². The molecular formula is C55H77F3N5O12PSi2. The molecular weight excluding hydrogens is 1070 g/mol. The Bertz CT molecular complexity index is 2710. The maximum Gasteiger partial charge on any atom is 0.471 e. The van der Waals surface area contributed by atoms with E-state index in [1.807, 2.05) is 165 Å². The lowest BCUT2D eigenvalue weighted by Crippen LogP contribution is -2.51. The minimum atomic E-state index is -5.45. The monoisotopic (exact) mass is 1140 g/mol. The van der Waals surface area contributed by atoms with Crippen LogP contribution >= 0.6 is 8.53 Å². The Morgan fingerprint density at radius 1 is 0.833 bits per heavy atom. The lowest BCUT2D eigenvalue weighted by molar-refractivity contribution is -0.187. The third-order valence-corrected chi connectivity index (χ3v) is 22.0. The highest BCUT2D eigenvalue weighted by Gasteiger charge is 2.55. The molecule has 5 rings (SSSR count). The van der Waals surface area contributed by atoms with Gasteiger partial charge >= 0.3 is 23.7 Å². The first-order chi connectivity index (χ1) is 36.5. The number of esters is 1. The van der Waals surface area contributed by atoms with Crippen LogP contribution in [0.15, 0.2) is 94.6 Å². The molecule has 0 saturated carbocycles. The Hall–Kier alpha value is -5.22. The van der Waals surface area contributed by atoms with Crippen molar-refractivity contribution in [3.05, 3.63) is 128 Å². The number of rotatable bonds is 26. The largest absolute Gasteiger partial charge is 0.497 e. The quantitative estimate of drug-likeness (QED) is 0.0205. The fourth-order valence-electron chi connectivity index (χ4n) is 8.60. The summed E-state index contributed by atoms with van der Waals surface area (Å²) in [7, 11) is -3.65. The van der Waals surface area contributed by atoms with Crippen LogP contribution in [0.5, 0.6) is 11.5 Å². The topological polar surface area (TPSA) is 193 Å². The van der Waals surface area contributed by atoms with Gasteiger partial charge in [0.2, 0.25) is 0 Å². The third-order valence-electron chi connectivity index (χ3n) is 13.7. The van der Waals surface area contributed by atoms with E-state index in [-0.39, 0.29) is 43.2 Å². The number of halogens is 3. The van der Waals surface area contributed by atoms with Crippen molar-refractivity contribution in [3.63, 3.8) is 0 Å². The molecule has 1 amide bonds. The van der Waals surface area contributed by atoms with Crippen molar-refractivity contribution in [2.75, 3.05) is 40.6 Å². The van der Waals surface area contributed by atoms with Gasteiger partial charge in [-0.25, -0.2) is 9.46 Å². The van der Waals surface area contributed by atoms with E-state index in [1.54, 1.807) is 14.2 Å². The second-order valence-corrected chi connectivity index (χ2v) is 34.1. The predicted molar refractivity (Wildman–Crippen MR) is 296 cm³/mol. The molecule has 5 atom stereocenters. The van der Waals surface area contributed by atoms with Gasteiger partial charge < -0.3 is 42.1 Å². The minimum Gasteiger partial charge on any atom is -0.497 e. The van der Waals surface area contributed by atoms with E-state index in [2.05, 4.69) is 11.1 Å². The van der Waals surface area contributed by atoms with Crippen molar-refractivity contribution in [2.24, 2.45) is 0 Å². The number of hydrogen-bond acceptors (Lipinski definition) is 14.